The van der Waals surface area contributed by atoms with Crippen molar-refractivity contribution in [2.24, 2.45) is 7.05 Å². The molecule has 0 aliphatic carbocycles. The topological polar surface area (TPSA) is 73.2 Å². The maximum absolute atomic E-state index is 13.3. The molecule has 3 rings (SSSR count). The summed E-state index contributed by atoms with van der Waals surface area (Å²) in [5.74, 6) is 0.458. The van der Waals surface area contributed by atoms with Gasteiger partial charge in [-0.1, -0.05) is 61.2 Å². The summed E-state index contributed by atoms with van der Waals surface area (Å²) in [5, 5.41) is 8.40. The standard InChI is InChI=1S/C26H33N3O3Si/c1-6-32-22-11-9-21(10-12-22)26(28-25(31)16-20-17-27-29(2)18-20)24(30)15-19-7-13-23(14-8-19)33(3,4)5/h7-14,17-18,26H,6,15-16H2,1-5H3,(H,28,31). The van der Waals surface area contributed by atoms with E-state index in [0.29, 0.717) is 6.61 Å². The Morgan fingerprint density at radius 1 is 1.00 bits per heavy atom. The fourth-order valence-corrected chi connectivity index (χ4v) is 4.83. The van der Waals surface area contributed by atoms with Crippen LogP contribution >= 0.6 is 0 Å². The zero-order chi connectivity index (χ0) is 24.0. The molecule has 0 aliphatic heterocycles. The van der Waals surface area contributed by atoms with E-state index in [1.54, 1.807) is 24.1 Å². The number of carbonyl (C=O) groups excluding carboxylic acids is 2. The fraction of sp³-hybridized carbons (Fsp3) is 0.346. The molecule has 2 aromatic carbocycles. The van der Waals surface area contributed by atoms with E-state index in [9.17, 15) is 9.59 Å². The van der Waals surface area contributed by atoms with Gasteiger partial charge in [0.15, 0.2) is 5.78 Å². The first-order valence-corrected chi connectivity index (χ1v) is 14.8. The minimum Gasteiger partial charge on any atom is -0.494 e. The lowest BCUT2D eigenvalue weighted by atomic mass is 9.97. The Kier molecular flexibility index (Phi) is 7.86. The molecule has 0 aliphatic rings. The summed E-state index contributed by atoms with van der Waals surface area (Å²) in [4.78, 5) is 26.1. The Hall–Kier alpha value is -3.19. The molecular weight excluding hydrogens is 430 g/mol. The molecule has 6 nitrogen and oxygen atoms in total. The Bertz CT molecular complexity index is 1080. The first-order chi connectivity index (χ1) is 15.7. The lowest BCUT2D eigenvalue weighted by Crippen LogP contribution is -2.37. The lowest BCUT2D eigenvalue weighted by molar-refractivity contribution is -0.127. The highest BCUT2D eigenvalue weighted by Gasteiger charge is 2.24. The number of ketones is 1. The molecule has 1 atom stereocenters. The summed E-state index contributed by atoms with van der Waals surface area (Å²) in [7, 11) is 0.406. The van der Waals surface area contributed by atoms with Crippen LogP contribution in [0.2, 0.25) is 19.6 Å². The number of nitrogens with one attached hydrogen (secondary N) is 1. The molecule has 33 heavy (non-hydrogen) atoms. The zero-order valence-electron chi connectivity index (χ0n) is 20.1. The van der Waals surface area contributed by atoms with Gasteiger partial charge < -0.3 is 10.1 Å². The highest BCUT2D eigenvalue weighted by molar-refractivity contribution is 6.88. The van der Waals surface area contributed by atoms with Crippen LogP contribution in [0.1, 0.15) is 29.7 Å². The van der Waals surface area contributed by atoms with Crippen molar-refractivity contribution < 1.29 is 14.3 Å². The summed E-state index contributed by atoms with van der Waals surface area (Å²) < 4.78 is 7.17. The number of carbonyl (C=O) groups is 2. The summed E-state index contributed by atoms with van der Waals surface area (Å²) in [5.41, 5.74) is 2.48. The molecule has 174 valence electrons. The molecular formula is C26H33N3O3Si. The number of rotatable bonds is 10. The lowest BCUT2D eigenvalue weighted by Gasteiger charge is -2.20. The van der Waals surface area contributed by atoms with Gasteiger partial charge in [-0.15, -0.1) is 0 Å². The second kappa shape index (κ2) is 10.6. The van der Waals surface area contributed by atoms with Gasteiger partial charge in [0.25, 0.3) is 0 Å². The number of Topliss-reactive ketones (excluding diaryl/α,β-unsaturated/α-hetero) is 1. The number of ether oxygens (including phenoxy) is 1. The van der Waals surface area contributed by atoms with E-state index in [4.69, 9.17) is 4.74 Å². The molecule has 0 spiro atoms. The van der Waals surface area contributed by atoms with Crippen LogP contribution in [0.5, 0.6) is 5.75 Å². The van der Waals surface area contributed by atoms with Crippen LogP contribution in [-0.4, -0.2) is 36.2 Å². The van der Waals surface area contributed by atoms with Crippen LogP contribution in [-0.2, 0) is 29.5 Å². The number of benzene rings is 2. The third-order valence-electron chi connectivity index (χ3n) is 5.47. The fourth-order valence-electron chi connectivity index (χ4n) is 3.66. The molecule has 0 bridgehead atoms. The van der Waals surface area contributed by atoms with E-state index in [0.717, 1.165) is 22.4 Å². The maximum Gasteiger partial charge on any atom is 0.225 e. The zero-order valence-corrected chi connectivity index (χ0v) is 21.1. The Balaban J connectivity index is 1.79. The molecule has 1 unspecified atom stereocenters. The summed E-state index contributed by atoms with van der Waals surface area (Å²) in [6.07, 6.45) is 3.87. The van der Waals surface area contributed by atoms with E-state index in [-0.39, 0.29) is 24.5 Å². The van der Waals surface area contributed by atoms with Crippen molar-refractivity contribution in [3.63, 3.8) is 0 Å². The van der Waals surface area contributed by atoms with Gasteiger partial charge >= 0.3 is 0 Å². The van der Waals surface area contributed by atoms with Crippen molar-refractivity contribution in [2.75, 3.05) is 6.61 Å². The van der Waals surface area contributed by atoms with Gasteiger partial charge in [-0.2, -0.15) is 5.10 Å². The minimum absolute atomic E-state index is 0.0561. The SMILES string of the molecule is CCOc1ccc(C(NC(=O)Cc2cnn(C)c2)C(=O)Cc2ccc([Si](C)(C)C)cc2)cc1. The van der Waals surface area contributed by atoms with Crippen LogP contribution in [0.3, 0.4) is 0 Å². The van der Waals surface area contributed by atoms with E-state index < -0.39 is 14.1 Å². The number of amides is 1. The van der Waals surface area contributed by atoms with Gasteiger partial charge in [-0.05, 0) is 35.7 Å². The van der Waals surface area contributed by atoms with E-state index in [2.05, 4.69) is 42.2 Å². The number of aromatic nitrogens is 2. The van der Waals surface area contributed by atoms with Crippen LogP contribution in [0, 0.1) is 0 Å². The van der Waals surface area contributed by atoms with E-state index >= 15 is 0 Å². The molecule has 7 heteroatoms. The second-order valence-corrected chi connectivity index (χ2v) is 14.4. The summed E-state index contributed by atoms with van der Waals surface area (Å²) >= 11 is 0. The Labute approximate surface area is 197 Å². The molecule has 0 fully saturated rings. The molecule has 0 saturated heterocycles. The van der Waals surface area contributed by atoms with E-state index in [1.165, 1.54) is 5.19 Å². The van der Waals surface area contributed by atoms with Crippen molar-refractivity contribution in [2.45, 2.75) is 45.4 Å². The smallest absolute Gasteiger partial charge is 0.225 e. The van der Waals surface area contributed by atoms with Crippen molar-refractivity contribution in [1.29, 1.82) is 0 Å². The van der Waals surface area contributed by atoms with Gasteiger partial charge in [-0.3, -0.25) is 14.3 Å². The molecule has 1 N–H and O–H groups in total. The molecule has 0 saturated carbocycles. The third-order valence-corrected chi connectivity index (χ3v) is 7.54. The quantitative estimate of drug-likeness (QED) is 0.467. The van der Waals surface area contributed by atoms with Crippen LogP contribution < -0.4 is 15.2 Å². The average molecular weight is 464 g/mol. The monoisotopic (exact) mass is 463 g/mol. The largest absolute Gasteiger partial charge is 0.494 e. The molecule has 0 radical (unpaired) electrons. The van der Waals surface area contributed by atoms with Crippen LogP contribution in [0.15, 0.2) is 60.9 Å². The van der Waals surface area contributed by atoms with Crippen molar-refractivity contribution in [3.05, 3.63) is 77.6 Å². The van der Waals surface area contributed by atoms with Gasteiger partial charge in [0.1, 0.15) is 11.8 Å². The number of hydrogen-bond acceptors (Lipinski definition) is 4. The van der Waals surface area contributed by atoms with Crippen molar-refractivity contribution >= 4 is 25.0 Å². The Morgan fingerprint density at radius 3 is 2.21 bits per heavy atom. The number of nitrogens with zero attached hydrogens (tertiary/aromatic N) is 2. The first-order valence-electron chi connectivity index (χ1n) is 11.3. The van der Waals surface area contributed by atoms with Gasteiger partial charge in [0, 0.05) is 19.7 Å². The van der Waals surface area contributed by atoms with Gasteiger partial charge in [0.2, 0.25) is 5.91 Å². The Morgan fingerprint density at radius 2 is 1.67 bits per heavy atom. The van der Waals surface area contributed by atoms with Crippen LogP contribution in [0.25, 0.3) is 0 Å². The summed E-state index contributed by atoms with van der Waals surface area (Å²) in [6.45, 7) is 9.38. The second-order valence-electron chi connectivity index (χ2n) is 9.29. The van der Waals surface area contributed by atoms with Crippen LogP contribution in [0.4, 0.5) is 0 Å². The predicted molar refractivity (Wildman–Crippen MR) is 134 cm³/mol. The number of aryl methyl sites for hydroxylation is 1. The average Bonchev–Trinajstić information content (AvgIpc) is 3.17. The first kappa shape index (κ1) is 24.4. The third kappa shape index (κ3) is 6.89. The minimum atomic E-state index is -1.40. The molecule has 3 aromatic rings. The highest BCUT2D eigenvalue weighted by atomic mass is 28.3. The maximum atomic E-state index is 13.3. The molecule has 1 heterocycles. The molecule has 1 amide bonds. The van der Waals surface area contributed by atoms with E-state index in [1.807, 2.05) is 43.3 Å². The normalized spacial score (nSPS) is 12.3. The van der Waals surface area contributed by atoms with Crippen molar-refractivity contribution in [3.8, 4) is 5.75 Å². The highest BCUT2D eigenvalue weighted by Crippen LogP contribution is 2.21. The number of hydrogen-bond donors (Lipinski definition) is 1. The van der Waals surface area contributed by atoms with Crippen molar-refractivity contribution in [1.82, 2.24) is 15.1 Å². The van der Waals surface area contributed by atoms with Gasteiger partial charge in [0.05, 0.1) is 27.3 Å². The summed E-state index contributed by atoms with van der Waals surface area (Å²) in [6, 6.07) is 14.9. The molecule has 1 aromatic heterocycles. The van der Waals surface area contributed by atoms with Gasteiger partial charge in [-0.25, -0.2) is 0 Å². The predicted octanol–water partition coefficient (Wildman–Crippen LogP) is 3.58.